The molecule has 2 aliphatic heterocycles. The van der Waals surface area contributed by atoms with E-state index in [1.54, 1.807) is 10.9 Å². The van der Waals surface area contributed by atoms with Crippen LogP contribution in [-0.2, 0) is 23.0 Å². The molecule has 8 heteroatoms. The molecule has 0 N–H and O–H groups in total. The molecule has 27 heavy (non-hydrogen) atoms. The van der Waals surface area contributed by atoms with Crippen molar-refractivity contribution in [2.24, 2.45) is 7.05 Å². The van der Waals surface area contributed by atoms with Crippen molar-refractivity contribution in [3.63, 3.8) is 0 Å². The van der Waals surface area contributed by atoms with E-state index in [2.05, 4.69) is 15.0 Å². The Morgan fingerprint density at radius 2 is 2.07 bits per heavy atom. The van der Waals surface area contributed by atoms with Gasteiger partial charge in [-0.25, -0.2) is 9.97 Å². The van der Waals surface area contributed by atoms with Gasteiger partial charge in [-0.1, -0.05) is 0 Å². The second-order valence-electron chi connectivity index (χ2n) is 7.16. The number of hydrogen-bond donors (Lipinski definition) is 0. The van der Waals surface area contributed by atoms with E-state index in [0.29, 0.717) is 25.6 Å². The predicted molar refractivity (Wildman–Crippen MR) is 100 cm³/mol. The second kappa shape index (κ2) is 8.04. The highest BCUT2D eigenvalue weighted by Crippen LogP contribution is 2.25. The number of hydrogen-bond acceptors (Lipinski definition) is 6. The topological polar surface area (TPSA) is 76.4 Å². The summed E-state index contributed by atoms with van der Waals surface area (Å²) in [7, 11) is 1.85. The standard InChI is InChI=1S/C19H26N6O2/c1-23-10-6-15(22-23)13-18(26)25-11-12-27-14-16(25)19-20-7-5-17(21-19)24-8-3-2-4-9-24/h5-7,10,16H,2-4,8-9,11-14H2,1H3/t16-/m1/s1. The van der Waals surface area contributed by atoms with Crippen LogP contribution in [0, 0.1) is 0 Å². The summed E-state index contributed by atoms with van der Waals surface area (Å²) < 4.78 is 7.36. The second-order valence-corrected chi connectivity index (χ2v) is 7.16. The van der Waals surface area contributed by atoms with Gasteiger partial charge in [0.05, 0.1) is 25.3 Å². The zero-order chi connectivity index (χ0) is 18.6. The average Bonchev–Trinajstić information content (AvgIpc) is 3.13. The molecule has 0 radical (unpaired) electrons. The van der Waals surface area contributed by atoms with Crippen molar-refractivity contribution < 1.29 is 9.53 Å². The van der Waals surface area contributed by atoms with E-state index in [9.17, 15) is 4.79 Å². The third-order valence-electron chi connectivity index (χ3n) is 5.19. The third-order valence-corrected chi connectivity index (χ3v) is 5.19. The van der Waals surface area contributed by atoms with Crippen molar-refractivity contribution in [3.8, 4) is 0 Å². The van der Waals surface area contributed by atoms with Crippen LogP contribution in [0.2, 0.25) is 0 Å². The number of ether oxygens (including phenoxy) is 1. The van der Waals surface area contributed by atoms with Gasteiger partial charge in [0, 0.05) is 39.1 Å². The lowest BCUT2D eigenvalue weighted by Gasteiger charge is -2.35. The lowest BCUT2D eigenvalue weighted by Crippen LogP contribution is -2.45. The van der Waals surface area contributed by atoms with Crippen molar-refractivity contribution in [1.82, 2.24) is 24.6 Å². The van der Waals surface area contributed by atoms with Crippen LogP contribution < -0.4 is 4.90 Å². The minimum atomic E-state index is -0.250. The van der Waals surface area contributed by atoms with Crippen molar-refractivity contribution in [1.29, 1.82) is 0 Å². The van der Waals surface area contributed by atoms with Gasteiger partial charge in [-0.3, -0.25) is 9.48 Å². The van der Waals surface area contributed by atoms with Crippen LogP contribution in [0.25, 0.3) is 0 Å². The van der Waals surface area contributed by atoms with Crippen LogP contribution in [0.5, 0.6) is 0 Å². The SMILES string of the molecule is Cn1ccc(CC(=O)N2CCOC[C@@H]2c2nccc(N3CCCCC3)n2)n1. The number of aryl methyl sites for hydroxylation is 1. The van der Waals surface area contributed by atoms with E-state index in [-0.39, 0.29) is 18.4 Å². The number of amides is 1. The molecule has 8 nitrogen and oxygen atoms in total. The Morgan fingerprint density at radius 1 is 1.22 bits per heavy atom. The fraction of sp³-hybridized carbons (Fsp3) is 0.579. The molecule has 0 unspecified atom stereocenters. The molecule has 2 saturated heterocycles. The van der Waals surface area contributed by atoms with Gasteiger partial charge in [-0.15, -0.1) is 0 Å². The smallest absolute Gasteiger partial charge is 0.229 e. The molecule has 2 aromatic rings. The molecule has 2 aromatic heterocycles. The summed E-state index contributed by atoms with van der Waals surface area (Å²) in [6.45, 7) is 3.57. The first-order valence-corrected chi connectivity index (χ1v) is 9.64. The van der Waals surface area contributed by atoms with Gasteiger partial charge in [0.1, 0.15) is 11.9 Å². The molecule has 0 spiro atoms. The first kappa shape index (κ1) is 17.9. The number of piperidine rings is 1. The summed E-state index contributed by atoms with van der Waals surface area (Å²) in [4.78, 5) is 26.3. The maximum absolute atomic E-state index is 12.9. The lowest BCUT2D eigenvalue weighted by molar-refractivity contribution is -0.139. The van der Waals surface area contributed by atoms with E-state index in [1.165, 1.54) is 19.3 Å². The van der Waals surface area contributed by atoms with Gasteiger partial charge in [-0.05, 0) is 31.4 Å². The first-order chi connectivity index (χ1) is 13.2. The Kier molecular flexibility index (Phi) is 5.33. The number of nitrogens with zero attached hydrogens (tertiary/aromatic N) is 6. The summed E-state index contributed by atoms with van der Waals surface area (Å²) in [5.41, 5.74) is 0.774. The summed E-state index contributed by atoms with van der Waals surface area (Å²) in [5.74, 6) is 1.64. The molecule has 0 bridgehead atoms. The first-order valence-electron chi connectivity index (χ1n) is 9.64. The largest absolute Gasteiger partial charge is 0.377 e. The van der Waals surface area contributed by atoms with Gasteiger partial charge in [0.2, 0.25) is 5.91 Å². The van der Waals surface area contributed by atoms with Crippen LogP contribution in [0.4, 0.5) is 5.82 Å². The van der Waals surface area contributed by atoms with Crippen LogP contribution >= 0.6 is 0 Å². The molecule has 0 saturated carbocycles. The number of anilines is 1. The van der Waals surface area contributed by atoms with Crippen molar-refractivity contribution in [2.45, 2.75) is 31.7 Å². The summed E-state index contributed by atoms with van der Waals surface area (Å²) in [6, 6.07) is 3.58. The van der Waals surface area contributed by atoms with Gasteiger partial charge >= 0.3 is 0 Å². The number of aromatic nitrogens is 4. The predicted octanol–water partition coefficient (Wildman–Crippen LogP) is 1.34. The van der Waals surface area contributed by atoms with E-state index < -0.39 is 0 Å². The highest BCUT2D eigenvalue weighted by atomic mass is 16.5. The molecule has 2 fully saturated rings. The summed E-state index contributed by atoms with van der Waals surface area (Å²) in [6.07, 6.45) is 7.60. The fourth-order valence-electron chi connectivity index (χ4n) is 3.75. The Labute approximate surface area is 159 Å². The molecular formula is C19H26N6O2. The van der Waals surface area contributed by atoms with Crippen molar-refractivity contribution in [2.75, 3.05) is 37.7 Å². The van der Waals surface area contributed by atoms with E-state index >= 15 is 0 Å². The van der Waals surface area contributed by atoms with E-state index in [1.807, 2.05) is 30.3 Å². The van der Waals surface area contributed by atoms with Crippen LogP contribution in [0.1, 0.15) is 36.8 Å². The van der Waals surface area contributed by atoms with Gasteiger partial charge in [0.15, 0.2) is 5.82 Å². The van der Waals surface area contributed by atoms with Gasteiger partial charge in [0.25, 0.3) is 0 Å². The normalized spacial score (nSPS) is 20.7. The van der Waals surface area contributed by atoms with Gasteiger partial charge < -0.3 is 14.5 Å². The number of carbonyl (C=O) groups excluding carboxylic acids is 1. The molecule has 4 rings (SSSR count). The zero-order valence-corrected chi connectivity index (χ0v) is 15.8. The Bertz CT molecular complexity index is 786. The van der Waals surface area contributed by atoms with Gasteiger partial charge in [-0.2, -0.15) is 5.10 Å². The monoisotopic (exact) mass is 370 g/mol. The minimum Gasteiger partial charge on any atom is -0.377 e. The maximum Gasteiger partial charge on any atom is 0.229 e. The molecule has 0 aliphatic carbocycles. The lowest BCUT2D eigenvalue weighted by atomic mass is 10.1. The molecule has 4 heterocycles. The number of carbonyl (C=O) groups is 1. The van der Waals surface area contributed by atoms with Crippen LogP contribution in [-0.4, -0.2) is 63.4 Å². The Hall–Kier alpha value is -2.48. The van der Waals surface area contributed by atoms with E-state index in [4.69, 9.17) is 9.72 Å². The molecule has 0 aromatic carbocycles. The Morgan fingerprint density at radius 3 is 2.85 bits per heavy atom. The average molecular weight is 370 g/mol. The fourth-order valence-corrected chi connectivity index (χ4v) is 3.75. The quantitative estimate of drug-likeness (QED) is 0.808. The molecular weight excluding hydrogens is 344 g/mol. The molecule has 1 amide bonds. The number of morpholine rings is 1. The molecule has 1 atom stereocenters. The third kappa shape index (κ3) is 4.10. The van der Waals surface area contributed by atoms with E-state index in [0.717, 1.165) is 24.6 Å². The van der Waals surface area contributed by atoms with Crippen molar-refractivity contribution >= 4 is 11.7 Å². The highest BCUT2D eigenvalue weighted by Gasteiger charge is 2.31. The highest BCUT2D eigenvalue weighted by molar-refractivity contribution is 5.78. The summed E-state index contributed by atoms with van der Waals surface area (Å²) >= 11 is 0. The Balaban J connectivity index is 1.52. The minimum absolute atomic E-state index is 0.0361. The van der Waals surface area contributed by atoms with Crippen LogP contribution in [0.3, 0.4) is 0 Å². The van der Waals surface area contributed by atoms with Crippen LogP contribution in [0.15, 0.2) is 24.5 Å². The van der Waals surface area contributed by atoms with Crippen molar-refractivity contribution in [3.05, 3.63) is 36.0 Å². The summed E-state index contributed by atoms with van der Waals surface area (Å²) in [5, 5.41) is 4.32. The molecule has 2 aliphatic rings. The number of rotatable bonds is 4. The maximum atomic E-state index is 12.9. The zero-order valence-electron chi connectivity index (χ0n) is 15.8. The molecule has 144 valence electrons.